The number of amides is 1. The van der Waals surface area contributed by atoms with Gasteiger partial charge in [0.1, 0.15) is 6.17 Å². The highest BCUT2D eigenvalue weighted by Crippen LogP contribution is 2.32. The molecule has 0 aliphatic carbocycles. The van der Waals surface area contributed by atoms with E-state index in [1.54, 1.807) is 24.1 Å². The van der Waals surface area contributed by atoms with Crippen molar-refractivity contribution in [2.45, 2.75) is 45.6 Å². The van der Waals surface area contributed by atoms with Crippen molar-refractivity contribution in [3.8, 4) is 5.75 Å². The molecule has 1 atom stereocenters. The van der Waals surface area contributed by atoms with E-state index in [1.807, 2.05) is 30.8 Å². The second-order valence-electron chi connectivity index (χ2n) is 9.60. The molecular weight excluding hydrogens is 478 g/mol. The van der Waals surface area contributed by atoms with Crippen molar-refractivity contribution in [1.82, 2.24) is 24.3 Å². The monoisotopic (exact) mass is 510 g/mol. The Balaban J connectivity index is 1.47. The van der Waals surface area contributed by atoms with Crippen LogP contribution >= 0.6 is 0 Å². The molecule has 0 spiro atoms. The van der Waals surface area contributed by atoms with Gasteiger partial charge in [-0.1, -0.05) is 6.07 Å². The predicted molar refractivity (Wildman–Crippen MR) is 136 cm³/mol. The van der Waals surface area contributed by atoms with Gasteiger partial charge in [0.2, 0.25) is 5.95 Å². The number of benzene rings is 1. The molecule has 196 valence electrons. The van der Waals surface area contributed by atoms with Crippen molar-refractivity contribution in [3.63, 3.8) is 0 Å². The third-order valence-corrected chi connectivity index (χ3v) is 7.13. The molecular formula is C27H32F2N6O2. The summed E-state index contributed by atoms with van der Waals surface area (Å²) in [5.74, 6) is 0.253. The summed E-state index contributed by atoms with van der Waals surface area (Å²) in [6, 6.07) is 5.30. The number of likely N-dealkylation sites (tertiary alicyclic amines) is 1. The van der Waals surface area contributed by atoms with Gasteiger partial charge in [-0.15, -0.1) is 0 Å². The molecule has 8 nitrogen and oxygen atoms in total. The van der Waals surface area contributed by atoms with E-state index >= 15 is 0 Å². The molecule has 2 aromatic heterocycles. The zero-order valence-corrected chi connectivity index (χ0v) is 21.4. The zero-order valence-electron chi connectivity index (χ0n) is 21.4. The molecule has 5 rings (SSSR count). The second kappa shape index (κ2) is 10.5. The van der Waals surface area contributed by atoms with E-state index in [2.05, 4.69) is 26.3 Å². The number of pyridine rings is 1. The summed E-state index contributed by atoms with van der Waals surface area (Å²) >= 11 is 0. The zero-order chi connectivity index (χ0) is 26.1. The average Bonchev–Trinajstić information content (AvgIpc) is 3.32. The smallest absolute Gasteiger partial charge is 0.254 e. The molecule has 2 aliphatic heterocycles. The van der Waals surface area contributed by atoms with E-state index in [9.17, 15) is 13.6 Å². The molecule has 37 heavy (non-hydrogen) atoms. The first-order valence-electron chi connectivity index (χ1n) is 12.7. The summed E-state index contributed by atoms with van der Waals surface area (Å²) in [5.41, 5.74) is 4.28. The minimum absolute atomic E-state index is 0.0904. The molecule has 3 aromatic rings. The Bertz CT molecular complexity index is 1290. The van der Waals surface area contributed by atoms with E-state index in [4.69, 9.17) is 4.74 Å². The number of ether oxygens (including phenoxy) is 1. The summed E-state index contributed by atoms with van der Waals surface area (Å²) in [6.45, 7) is 6.53. The molecule has 10 heteroatoms. The van der Waals surface area contributed by atoms with Gasteiger partial charge in [0.25, 0.3) is 5.91 Å². The highest BCUT2D eigenvalue weighted by molar-refractivity contribution is 5.97. The third-order valence-electron chi connectivity index (χ3n) is 7.13. The van der Waals surface area contributed by atoms with Crippen molar-refractivity contribution >= 4 is 11.9 Å². The molecule has 1 aromatic carbocycles. The maximum Gasteiger partial charge on any atom is 0.254 e. The first kappa shape index (κ1) is 25.1. The van der Waals surface area contributed by atoms with Crippen LogP contribution < -0.4 is 10.1 Å². The quantitative estimate of drug-likeness (QED) is 0.472. The molecule has 0 saturated carbocycles. The number of aromatic nitrogens is 3. The number of carbonyl (C=O) groups excluding carboxylic acids is 1. The predicted octanol–water partition coefficient (Wildman–Crippen LogP) is 3.82. The van der Waals surface area contributed by atoms with Crippen molar-refractivity contribution < 1.29 is 18.3 Å². The van der Waals surface area contributed by atoms with Crippen molar-refractivity contribution in [2.24, 2.45) is 0 Å². The number of halogens is 2. The summed E-state index contributed by atoms with van der Waals surface area (Å²) in [5, 5.41) is 3.08. The van der Waals surface area contributed by atoms with Crippen LogP contribution in [0.2, 0.25) is 0 Å². The number of carbonyl (C=O) groups is 1. The highest BCUT2D eigenvalue weighted by atomic mass is 19.1. The SMILES string of the molecule is CCOc1cc([C@H](C)N2CCc3c(CN4CC(F)C4)cc(Cn4ccnc4NC)cc3C2=O)ncc1F. The van der Waals surface area contributed by atoms with Crippen molar-refractivity contribution in [3.05, 3.63) is 70.6 Å². The van der Waals surface area contributed by atoms with E-state index in [1.165, 1.54) is 0 Å². The van der Waals surface area contributed by atoms with Gasteiger partial charge < -0.3 is 19.5 Å². The van der Waals surface area contributed by atoms with Crippen LogP contribution in [0.3, 0.4) is 0 Å². The van der Waals surface area contributed by atoms with Gasteiger partial charge >= 0.3 is 0 Å². The lowest BCUT2D eigenvalue weighted by molar-refractivity contribution is 0.0578. The second-order valence-corrected chi connectivity index (χ2v) is 9.60. The maximum atomic E-state index is 14.1. The van der Waals surface area contributed by atoms with E-state index in [0.717, 1.165) is 28.8 Å². The number of rotatable bonds is 9. The first-order chi connectivity index (χ1) is 17.9. The number of fused-ring (bicyclic) bond motifs is 1. The lowest BCUT2D eigenvalue weighted by atomic mass is 9.89. The van der Waals surface area contributed by atoms with Crippen LogP contribution in [0.4, 0.5) is 14.7 Å². The number of alkyl halides is 1. The third kappa shape index (κ3) is 5.02. The van der Waals surface area contributed by atoms with Crippen LogP contribution in [0.1, 0.15) is 52.6 Å². The van der Waals surface area contributed by atoms with Crippen LogP contribution in [-0.2, 0) is 19.5 Å². The van der Waals surface area contributed by atoms with Gasteiger partial charge in [0.15, 0.2) is 11.6 Å². The molecule has 1 saturated heterocycles. The first-order valence-corrected chi connectivity index (χ1v) is 12.7. The van der Waals surface area contributed by atoms with Gasteiger partial charge in [-0.05, 0) is 43.0 Å². The minimum Gasteiger partial charge on any atom is -0.491 e. The van der Waals surface area contributed by atoms with E-state index < -0.39 is 12.0 Å². The average molecular weight is 511 g/mol. The Kier molecular flexibility index (Phi) is 7.10. The fourth-order valence-corrected chi connectivity index (χ4v) is 5.20. The van der Waals surface area contributed by atoms with Crippen LogP contribution in [0.25, 0.3) is 0 Å². The summed E-state index contributed by atoms with van der Waals surface area (Å²) in [4.78, 5) is 26.3. The fourth-order valence-electron chi connectivity index (χ4n) is 5.20. The number of nitrogens with one attached hydrogen (secondary N) is 1. The Morgan fingerprint density at radius 3 is 2.76 bits per heavy atom. The van der Waals surface area contributed by atoms with Gasteiger partial charge in [0.05, 0.1) is 31.1 Å². The molecule has 4 heterocycles. The lowest BCUT2D eigenvalue weighted by Gasteiger charge is -2.37. The van der Waals surface area contributed by atoms with Crippen LogP contribution in [0.15, 0.2) is 36.8 Å². The van der Waals surface area contributed by atoms with Crippen LogP contribution in [-0.4, -0.2) is 69.7 Å². The molecule has 1 fully saturated rings. The number of anilines is 1. The Hall–Kier alpha value is -3.53. The highest BCUT2D eigenvalue weighted by Gasteiger charge is 2.33. The van der Waals surface area contributed by atoms with E-state index in [0.29, 0.717) is 57.0 Å². The Morgan fingerprint density at radius 2 is 2.03 bits per heavy atom. The molecule has 0 radical (unpaired) electrons. The van der Waals surface area contributed by atoms with Gasteiger partial charge in [-0.25, -0.2) is 13.8 Å². The Morgan fingerprint density at radius 1 is 1.22 bits per heavy atom. The van der Waals surface area contributed by atoms with Crippen LogP contribution in [0, 0.1) is 5.82 Å². The summed E-state index contributed by atoms with van der Waals surface area (Å²) in [7, 11) is 1.82. The van der Waals surface area contributed by atoms with Crippen molar-refractivity contribution in [2.75, 3.05) is 38.6 Å². The molecule has 0 bridgehead atoms. The molecule has 2 aliphatic rings. The molecule has 1 amide bonds. The summed E-state index contributed by atoms with van der Waals surface area (Å²) in [6.07, 6.45) is 4.66. The standard InChI is InChI=1S/C27H32F2N6O2/c1-4-37-25-11-24(32-12-23(25)29)17(2)35-7-5-21-19(14-33-15-20(28)16-33)9-18(10-22(21)26(35)36)13-34-8-6-31-27(34)30-3/h6,8-12,17,20H,4-5,7,13-16H2,1-3H3,(H,30,31)/t17-/m0/s1. The normalized spacial score (nSPS) is 16.9. The van der Waals surface area contributed by atoms with E-state index in [-0.39, 0.29) is 17.7 Å². The number of nitrogens with zero attached hydrogens (tertiary/aromatic N) is 5. The number of hydrogen-bond donors (Lipinski definition) is 1. The van der Waals surface area contributed by atoms with Crippen LogP contribution in [0.5, 0.6) is 5.75 Å². The van der Waals surface area contributed by atoms with Crippen molar-refractivity contribution in [1.29, 1.82) is 0 Å². The number of imidazole rings is 1. The molecule has 0 unspecified atom stereocenters. The van der Waals surface area contributed by atoms with Gasteiger partial charge in [-0.2, -0.15) is 0 Å². The Labute approximate surface area is 215 Å². The molecule has 1 N–H and O–H groups in total. The van der Waals surface area contributed by atoms with Gasteiger partial charge in [0, 0.05) is 57.3 Å². The lowest BCUT2D eigenvalue weighted by Crippen LogP contribution is -2.48. The largest absolute Gasteiger partial charge is 0.491 e. The van der Waals surface area contributed by atoms with Gasteiger partial charge in [-0.3, -0.25) is 14.7 Å². The maximum absolute atomic E-state index is 14.1. The minimum atomic E-state index is -0.786. The number of hydrogen-bond acceptors (Lipinski definition) is 6. The fraction of sp³-hybridized carbons (Fsp3) is 0.444. The summed E-state index contributed by atoms with van der Waals surface area (Å²) < 4.78 is 35.0. The topological polar surface area (TPSA) is 75.5 Å².